The number of benzene rings is 2. The van der Waals surface area contributed by atoms with Gasteiger partial charge in [-0.3, -0.25) is 0 Å². The van der Waals surface area contributed by atoms with Crippen LogP contribution in [0, 0.1) is 11.6 Å². The second-order valence-electron chi connectivity index (χ2n) is 3.69. The Morgan fingerprint density at radius 2 is 1.89 bits per heavy atom. The molecule has 0 heterocycles. The lowest BCUT2D eigenvalue weighted by Crippen LogP contribution is -2.03. The zero-order valence-electron chi connectivity index (χ0n) is 9.18. The minimum Gasteiger partial charge on any atom is -0.379 e. The van der Waals surface area contributed by atoms with Crippen molar-refractivity contribution < 1.29 is 8.78 Å². The van der Waals surface area contributed by atoms with Gasteiger partial charge in [-0.1, -0.05) is 29.8 Å². The minimum absolute atomic E-state index is 0.248. The van der Waals surface area contributed by atoms with Gasteiger partial charge < -0.3 is 5.32 Å². The number of anilines is 1. The van der Waals surface area contributed by atoms with E-state index in [9.17, 15) is 8.78 Å². The maximum absolute atomic E-state index is 13.4. The van der Waals surface area contributed by atoms with Crippen LogP contribution >= 0.6 is 27.5 Å². The molecule has 1 N–H and O–H groups in total. The molecular weight excluding hydrogens is 324 g/mol. The molecule has 0 unspecified atom stereocenters. The molecule has 0 aromatic heterocycles. The van der Waals surface area contributed by atoms with Crippen LogP contribution in [0.1, 0.15) is 5.56 Å². The summed E-state index contributed by atoms with van der Waals surface area (Å²) < 4.78 is 26.9. The molecule has 0 atom stereocenters. The molecule has 0 aliphatic carbocycles. The van der Waals surface area contributed by atoms with Crippen molar-refractivity contribution >= 4 is 33.2 Å². The average Bonchev–Trinajstić information content (AvgIpc) is 2.30. The number of hydrogen-bond acceptors (Lipinski definition) is 1. The Bertz CT molecular complexity index is 552. The van der Waals surface area contributed by atoms with E-state index in [0.717, 1.165) is 0 Å². The van der Waals surface area contributed by atoms with Gasteiger partial charge in [-0.15, -0.1) is 0 Å². The Morgan fingerprint density at radius 1 is 1.17 bits per heavy atom. The molecule has 2 rings (SSSR count). The lowest BCUT2D eigenvalue weighted by Gasteiger charge is -2.11. The largest absolute Gasteiger partial charge is 0.379 e. The van der Waals surface area contributed by atoms with E-state index >= 15 is 0 Å². The van der Waals surface area contributed by atoms with Gasteiger partial charge in [0.1, 0.15) is 11.6 Å². The third-order valence-corrected chi connectivity index (χ3v) is 3.34. The maximum Gasteiger partial charge on any atom is 0.128 e. The highest BCUT2D eigenvalue weighted by molar-refractivity contribution is 9.10. The predicted molar refractivity (Wildman–Crippen MR) is 72.8 cm³/mol. The van der Waals surface area contributed by atoms with Crippen LogP contribution in [-0.2, 0) is 6.54 Å². The van der Waals surface area contributed by atoms with Crippen LogP contribution in [0.2, 0.25) is 5.02 Å². The Balaban J connectivity index is 2.19. The van der Waals surface area contributed by atoms with Crippen molar-refractivity contribution in [3.63, 3.8) is 0 Å². The summed E-state index contributed by atoms with van der Waals surface area (Å²) in [6.45, 7) is 0.274. The summed E-state index contributed by atoms with van der Waals surface area (Å²) >= 11 is 9.12. The summed E-state index contributed by atoms with van der Waals surface area (Å²) in [4.78, 5) is 0. The van der Waals surface area contributed by atoms with Gasteiger partial charge in [0.25, 0.3) is 0 Å². The molecule has 94 valence electrons. The normalized spacial score (nSPS) is 10.4. The molecule has 2 aromatic rings. The van der Waals surface area contributed by atoms with E-state index in [1.165, 1.54) is 18.2 Å². The molecular formula is C13H9BrClF2N. The van der Waals surface area contributed by atoms with Crippen LogP contribution in [0.4, 0.5) is 14.5 Å². The summed E-state index contributed by atoms with van der Waals surface area (Å²) in [6, 6.07) is 8.94. The summed E-state index contributed by atoms with van der Waals surface area (Å²) in [6.07, 6.45) is 0. The Kier molecular flexibility index (Phi) is 4.19. The van der Waals surface area contributed by atoms with Crippen molar-refractivity contribution in [2.24, 2.45) is 0 Å². The standard InChI is InChI=1S/C13H9BrClF2N/c14-10-5-9(16)6-11(15)13(10)18-7-8-3-1-2-4-12(8)17/h1-6,18H,7H2. The van der Waals surface area contributed by atoms with E-state index in [1.807, 2.05) is 0 Å². The average molecular weight is 333 g/mol. The van der Waals surface area contributed by atoms with E-state index in [-0.39, 0.29) is 17.4 Å². The second-order valence-corrected chi connectivity index (χ2v) is 4.95. The van der Waals surface area contributed by atoms with Crippen molar-refractivity contribution in [1.29, 1.82) is 0 Å². The Hall–Kier alpha value is -1.13. The van der Waals surface area contributed by atoms with Crippen molar-refractivity contribution in [2.75, 3.05) is 5.32 Å². The van der Waals surface area contributed by atoms with E-state index < -0.39 is 5.82 Å². The summed E-state index contributed by atoms with van der Waals surface area (Å²) in [5.74, 6) is -0.720. The molecule has 5 heteroatoms. The van der Waals surface area contributed by atoms with Gasteiger partial charge in [0.05, 0.1) is 10.7 Å². The molecule has 1 nitrogen and oxygen atoms in total. The lowest BCUT2D eigenvalue weighted by molar-refractivity contribution is 0.612. The fraction of sp³-hybridized carbons (Fsp3) is 0.0769. The summed E-state index contributed by atoms with van der Waals surface area (Å²) in [5.41, 5.74) is 1.06. The van der Waals surface area contributed by atoms with Gasteiger partial charge in [-0.25, -0.2) is 8.78 Å². The van der Waals surface area contributed by atoms with Crippen molar-refractivity contribution in [3.8, 4) is 0 Å². The quantitative estimate of drug-likeness (QED) is 0.834. The van der Waals surface area contributed by atoms with Crippen LogP contribution in [0.15, 0.2) is 40.9 Å². The third kappa shape index (κ3) is 3.00. The van der Waals surface area contributed by atoms with Crippen LogP contribution in [-0.4, -0.2) is 0 Å². The summed E-state index contributed by atoms with van der Waals surface area (Å²) in [7, 11) is 0. The van der Waals surface area contributed by atoms with Gasteiger partial charge in [0, 0.05) is 16.6 Å². The monoisotopic (exact) mass is 331 g/mol. The van der Waals surface area contributed by atoms with E-state index in [2.05, 4.69) is 21.2 Å². The highest BCUT2D eigenvalue weighted by Crippen LogP contribution is 2.32. The molecule has 18 heavy (non-hydrogen) atoms. The molecule has 0 fully saturated rings. The number of halogens is 4. The fourth-order valence-electron chi connectivity index (χ4n) is 1.54. The van der Waals surface area contributed by atoms with E-state index in [4.69, 9.17) is 11.6 Å². The first-order chi connectivity index (χ1) is 8.58. The molecule has 0 aliphatic rings. The highest BCUT2D eigenvalue weighted by Gasteiger charge is 2.08. The highest BCUT2D eigenvalue weighted by atomic mass is 79.9. The lowest BCUT2D eigenvalue weighted by atomic mass is 10.2. The van der Waals surface area contributed by atoms with Crippen LogP contribution < -0.4 is 5.32 Å². The second kappa shape index (κ2) is 5.67. The van der Waals surface area contributed by atoms with Gasteiger partial charge >= 0.3 is 0 Å². The number of hydrogen-bond donors (Lipinski definition) is 1. The van der Waals surface area contributed by atoms with Crippen LogP contribution in [0.3, 0.4) is 0 Å². The van der Waals surface area contributed by atoms with Gasteiger partial charge in [0.2, 0.25) is 0 Å². The zero-order chi connectivity index (χ0) is 13.1. The van der Waals surface area contributed by atoms with Crippen LogP contribution in [0.25, 0.3) is 0 Å². The number of nitrogens with one attached hydrogen (secondary N) is 1. The first kappa shape index (κ1) is 13.3. The fourth-order valence-corrected chi connectivity index (χ4v) is 2.50. The van der Waals surface area contributed by atoms with Crippen LogP contribution in [0.5, 0.6) is 0 Å². The Morgan fingerprint density at radius 3 is 2.56 bits per heavy atom. The summed E-state index contributed by atoms with van der Waals surface area (Å²) in [5, 5.41) is 3.23. The molecule has 0 saturated carbocycles. The molecule has 2 aromatic carbocycles. The molecule has 0 spiro atoms. The molecule has 0 saturated heterocycles. The molecule has 0 aliphatic heterocycles. The molecule has 0 radical (unpaired) electrons. The SMILES string of the molecule is Fc1cc(Cl)c(NCc2ccccc2F)c(Br)c1. The van der Waals surface area contributed by atoms with Crippen molar-refractivity contribution in [1.82, 2.24) is 0 Å². The van der Waals surface area contributed by atoms with Gasteiger partial charge in [0.15, 0.2) is 0 Å². The third-order valence-electron chi connectivity index (χ3n) is 2.42. The minimum atomic E-state index is -0.427. The van der Waals surface area contributed by atoms with E-state index in [1.54, 1.807) is 18.2 Å². The molecule has 0 bridgehead atoms. The maximum atomic E-state index is 13.4. The smallest absolute Gasteiger partial charge is 0.128 e. The Labute approximate surface area is 117 Å². The van der Waals surface area contributed by atoms with Crippen molar-refractivity contribution in [2.45, 2.75) is 6.54 Å². The first-order valence-electron chi connectivity index (χ1n) is 5.20. The van der Waals surface area contributed by atoms with E-state index in [0.29, 0.717) is 15.7 Å². The molecule has 0 amide bonds. The first-order valence-corrected chi connectivity index (χ1v) is 6.37. The van der Waals surface area contributed by atoms with Gasteiger partial charge in [-0.2, -0.15) is 0 Å². The van der Waals surface area contributed by atoms with Gasteiger partial charge in [-0.05, 0) is 34.1 Å². The topological polar surface area (TPSA) is 12.0 Å². The zero-order valence-corrected chi connectivity index (χ0v) is 11.5. The number of rotatable bonds is 3. The van der Waals surface area contributed by atoms with Crippen molar-refractivity contribution in [3.05, 3.63) is 63.1 Å². The predicted octanol–water partition coefficient (Wildman–Crippen LogP) is 4.99.